The molecule has 5 N–H and O–H groups in total. The molecule has 9 heteroatoms. The Kier molecular flexibility index (Phi) is 5.87. The van der Waals surface area contributed by atoms with Crippen LogP contribution in [0.15, 0.2) is 47.8 Å². The molecule has 29 heavy (non-hydrogen) atoms. The molecule has 8 nitrogen and oxygen atoms in total. The molecule has 0 bridgehead atoms. The summed E-state index contributed by atoms with van der Waals surface area (Å²) in [6.45, 7) is 4.60. The van der Waals surface area contributed by atoms with Crippen molar-refractivity contribution < 1.29 is 4.79 Å². The van der Waals surface area contributed by atoms with Crippen LogP contribution in [0.5, 0.6) is 0 Å². The summed E-state index contributed by atoms with van der Waals surface area (Å²) in [5.74, 6) is -0.0725. The standard InChI is InChI=1S/C20H23N7OS/c21-20(28)19-17(23-13-16-2-1-11-29-16)12-18(25-26-19)24-14-3-5-15(6-4-14)27-9-7-22-8-10-27/h1-6,11-12,22H,7-10,13H2,(H2,21,28)(H2,23,24,25). The number of nitrogens with zero attached hydrogens (tertiary/aromatic N) is 3. The van der Waals surface area contributed by atoms with Gasteiger partial charge in [0.05, 0.1) is 5.69 Å². The van der Waals surface area contributed by atoms with Crippen LogP contribution in [0.25, 0.3) is 0 Å². The van der Waals surface area contributed by atoms with Gasteiger partial charge >= 0.3 is 0 Å². The molecule has 4 rings (SSSR count). The third kappa shape index (κ3) is 4.82. The molecule has 0 unspecified atom stereocenters. The van der Waals surface area contributed by atoms with E-state index in [4.69, 9.17) is 5.73 Å². The van der Waals surface area contributed by atoms with Crippen LogP contribution in [0, 0.1) is 0 Å². The Morgan fingerprint density at radius 2 is 1.97 bits per heavy atom. The molecule has 0 aliphatic carbocycles. The number of rotatable bonds is 7. The van der Waals surface area contributed by atoms with Gasteiger partial charge in [0.1, 0.15) is 0 Å². The maximum absolute atomic E-state index is 11.7. The van der Waals surface area contributed by atoms with Crippen LogP contribution < -0.4 is 26.6 Å². The molecule has 3 aromatic rings. The highest BCUT2D eigenvalue weighted by Gasteiger charge is 2.13. The van der Waals surface area contributed by atoms with Crippen molar-refractivity contribution in [2.24, 2.45) is 5.73 Å². The van der Waals surface area contributed by atoms with Crippen LogP contribution in [0.4, 0.5) is 22.9 Å². The molecule has 3 heterocycles. The molecular weight excluding hydrogens is 386 g/mol. The van der Waals surface area contributed by atoms with E-state index in [0.717, 1.165) is 36.7 Å². The molecule has 1 amide bonds. The second kappa shape index (κ2) is 8.89. The largest absolute Gasteiger partial charge is 0.378 e. The second-order valence-corrected chi connectivity index (χ2v) is 7.73. The lowest BCUT2D eigenvalue weighted by Gasteiger charge is -2.29. The number of benzene rings is 1. The number of piperazine rings is 1. The average Bonchev–Trinajstić information content (AvgIpc) is 3.27. The summed E-state index contributed by atoms with van der Waals surface area (Å²) in [6.07, 6.45) is 0. The van der Waals surface area contributed by atoms with Gasteiger partial charge in [-0.2, -0.15) is 0 Å². The zero-order valence-electron chi connectivity index (χ0n) is 15.9. The van der Waals surface area contributed by atoms with Crippen LogP contribution in [0.1, 0.15) is 15.4 Å². The fourth-order valence-corrected chi connectivity index (χ4v) is 3.84. The van der Waals surface area contributed by atoms with Crippen molar-refractivity contribution in [3.63, 3.8) is 0 Å². The summed E-state index contributed by atoms with van der Waals surface area (Å²) in [7, 11) is 0. The number of hydrogen-bond acceptors (Lipinski definition) is 8. The van der Waals surface area contributed by atoms with Crippen molar-refractivity contribution in [2.45, 2.75) is 6.54 Å². The number of primary amides is 1. The lowest BCUT2D eigenvalue weighted by molar-refractivity contribution is 0.0995. The van der Waals surface area contributed by atoms with Gasteiger partial charge in [0.25, 0.3) is 5.91 Å². The first-order valence-electron chi connectivity index (χ1n) is 9.45. The minimum absolute atomic E-state index is 0.126. The topological polar surface area (TPSA) is 108 Å². The predicted molar refractivity (Wildman–Crippen MR) is 117 cm³/mol. The lowest BCUT2D eigenvalue weighted by Crippen LogP contribution is -2.43. The fraction of sp³-hybridized carbons (Fsp3) is 0.250. The van der Waals surface area contributed by atoms with Gasteiger partial charge in [-0.25, -0.2) is 0 Å². The van der Waals surface area contributed by atoms with Crippen molar-refractivity contribution in [2.75, 3.05) is 41.7 Å². The first-order valence-corrected chi connectivity index (χ1v) is 10.3. The number of carbonyl (C=O) groups excluding carboxylic acids is 1. The van der Waals surface area contributed by atoms with Crippen molar-refractivity contribution in [3.05, 3.63) is 58.4 Å². The number of anilines is 4. The first-order chi connectivity index (χ1) is 14.2. The minimum Gasteiger partial charge on any atom is -0.378 e. The highest BCUT2D eigenvalue weighted by Crippen LogP contribution is 2.23. The Labute approximate surface area is 173 Å². The Hall–Kier alpha value is -3.17. The molecule has 1 aliphatic rings. The SMILES string of the molecule is NC(=O)c1nnc(Nc2ccc(N3CCNCC3)cc2)cc1NCc1cccs1. The summed E-state index contributed by atoms with van der Waals surface area (Å²) in [5.41, 5.74) is 8.22. The maximum atomic E-state index is 11.7. The van der Waals surface area contributed by atoms with E-state index in [0.29, 0.717) is 18.1 Å². The normalized spacial score (nSPS) is 13.9. The molecule has 1 aromatic carbocycles. The first kappa shape index (κ1) is 19.2. The van der Waals surface area contributed by atoms with Gasteiger partial charge in [-0.15, -0.1) is 21.5 Å². The van der Waals surface area contributed by atoms with Gasteiger partial charge < -0.3 is 26.6 Å². The average molecular weight is 410 g/mol. The van der Waals surface area contributed by atoms with Crippen LogP contribution in [0.3, 0.4) is 0 Å². The smallest absolute Gasteiger partial charge is 0.271 e. The molecule has 0 atom stereocenters. The molecule has 1 fully saturated rings. The number of thiophene rings is 1. The van der Waals surface area contributed by atoms with Gasteiger partial charge in [-0.05, 0) is 35.7 Å². The molecule has 2 aromatic heterocycles. The summed E-state index contributed by atoms with van der Waals surface area (Å²) >= 11 is 1.64. The molecule has 1 saturated heterocycles. The molecule has 0 spiro atoms. The lowest BCUT2D eigenvalue weighted by atomic mass is 10.2. The van der Waals surface area contributed by atoms with Crippen molar-refractivity contribution in [1.29, 1.82) is 0 Å². The zero-order valence-corrected chi connectivity index (χ0v) is 16.7. The fourth-order valence-electron chi connectivity index (χ4n) is 3.19. The number of hydrogen-bond donors (Lipinski definition) is 4. The van der Waals surface area contributed by atoms with E-state index in [-0.39, 0.29) is 5.69 Å². The Morgan fingerprint density at radius 1 is 1.17 bits per heavy atom. The Bertz CT molecular complexity index is 953. The van der Waals surface area contributed by atoms with Gasteiger partial charge in [-0.3, -0.25) is 4.79 Å². The summed E-state index contributed by atoms with van der Waals surface area (Å²) < 4.78 is 0. The third-order valence-corrected chi connectivity index (χ3v) is 5.56. The number of nitrogens with one attached hydrogen (secondary N) is 3. The van der Waals surface area contributed by atoms with Crippen molar-refractivity contribution in [1.82, 2.24) is 15.5 Å². The monoisotopic (exact) mass is 409 g/mol. The third-order valence-electron chi connectivity index (χ3n) is 4.68. The van der Waals surface area contributed by atoms with Gasteiger partial charge in [-0.1, -0.05) is 6.07 Å². The number of carbonyl (C=O) groups is 1. The van der Waals surface area contributed by atoms with Gasteiger partial charge in [0.15, 0.2) is 11.5 Å². The highest BCUT2D eigenvalue weighted by molar-refractivity contribution is 7.09. The van der Waals surface area contributed by atoms with Crippen LogP contribution in [-0.2, 0) is 6.54 Å². The molecule has 0 saturated carbocycles. The van der Waals surface area contributed by atoms with Crippen molar-refractivity contribution in [3.8, 4) is 0 Å². The Balaban J connectivity index is 1.47. The van der Waals surface area contributed by atoms with E-state index in [2.05, 4.69) is 43.2 Å². The van der Waals surface area contributed by atoms with Gasteiger partial charge in [0, 0.05) is 55.0 Å². The summed E-state index contributed by atoms with van der Waals surface area (Å²) in [6, 6.07) is 14.0. The highest BCUT2D eigenvalue weighted by atomic mass is 32.1. The van der Waals surface area contributed by atoms with Crippen molar-refractivity contribution >= 4 is 40.1 Å². The van der Waals surface area contributed by atoms with E-state index >= 15 is 0 Å². The van der Waals surface area contributed by atoms with E-state index in [1.54, 1.807) is 17.4 Å². The second-order valence-electron chi connectivity index (χ2n) is 6.70. The van der Waals surface area contributed by atoms with E-state index in [1.165, 1.54) is 5.69 Å². The number of nitrogens with two attached hydrogens (primary N) is 1. The molecule has 150 valence electrons. The Morgan fingerprint density at radius 3 is 2.66 bits per heavy atom. The van der Waals surface area contributed by atoms with Crippen LogP contribution >= 0.6 is 11.3 Å². The van der Waals surface area contributed by atoms with Gasteiger partial charge in [0.2, 0.25) is 0 Å². The van der Waals surface area contributed by atoms with E-state index in [9.17, 15) is 4.79 Å². The quantitative estimate of drug-likeness (QED) is 0.474. The predicted octanol–water partition coefficient (Wildman–Crippen LogP) is 2.40. The number of amides is 1. The van der Waals surface area contributed by atoms with E-state index in [1.807, 2.05) is 29.6 Å². The zero-order chi connectivity index (χ0) is 20.1. The van der Waals surface area contributed by atoms with Crippen LogP contribution in [-0.4, -0.2) is 42.3 Å². The minimum atomic E-state index is -0.613. The van der Waals surface area contributed by atoms with Crippen LogP contribution in [0.2, 0.25) is 0 Å². The molecule has 0 radical (unpaired) electrons. The summed E-state index contributed by atoms with van der Waals surface area (Å²) in [5, 5.41) is 19.9. The molecule has 1 aliphatic heterocycles. The summed E-state index contributed by atoms with van der Waals surface area (Å²) in [4.78, 5) is 15.2. The number of aromatic nitrogens is 2. The maximum Gasteiger partial charge on any atom is 0.271 e. The van der Waals surface area contributed by atoms with E-state index < -0.39 is 5.91 Å². The molecular formula is C20H23N7OS.